The third-order valence-electron chi connectivity index (χ3n) is 3.09. The van der Waals surface area contributed by atoms with Gasteiger partial charge in [0.25, 0.3) is 0 Å². The molecule has 0 aromatic heterocycles. The highest BCUT2D eigenvalue weighted by Gasteiger charge is 2.49. The third-order valence-corrected chi connectivity index (χ3v) is 3.09. The summed E-state index contributed by atoms with van der Waals surface area (Å²) in [5, 5.41) is 3.07. The lowest BCUT2D eigenvalue weighted by molar-refractivity contribution is -0.126. The highest BCUT2D eigenvalue weighted by molar-refractivity contribution is 4.99. The van der Waals surface area contributed by atoms with Crippen molar-refractivity contribution in [3.63, 3.8) is 0 Å². The molecule has 1 N–H and O–H groups in total. The van der Waals surface area contributed by atoms with Crippen molar-refractivity contribution >= 4 is 0 Å². The topological polar surface area (TPSA) is 21.3 Å². The van der Waals surface area contributed by atoms with Gasteiger partial charge in [-0.2, -0.15) is 0 Å². The molecule has 2 saturated heterocycles. The molecule has 12 heavy (non-hydrogen) atoms. The molecule has 2 heterocycles. The largest absolute Gasteiger partial charge is 0.381 e. The quantitative estimate of drug-likeness (QED) is 0.642. The maximum absolute atomic E-state index is 12.5. The van der Waals surface area contributed by atoms with E-state index in [1.54, 1.807) is 0 Å². The van der Waals surface area contributed by atoms with Gasteiger partial charge in [0.15, 0.2) is 0 Å². The second-order valence-electron chi connectivity index (χ2n) is 3.73. The van der Waals surface area contributed by atoms with Crippen molar-refractivity contribution in [1.29, 1.82) is 0 Å². The molecule has 1 atom stereocenters. The van der Waals surface area contributed by atoms with E-state index >= 15 is 0 Å². The third kappa shape index (κ3) is 1.13. The molecule has 70 valence electrons. The molecule has 0 aromatic carbocycles. The Morgan fingerprint density at radius 2 is 2.17 bits per heavy atom. The van der Waals surface area contributed by atoms with Gasteiger partial charge < -0.3 is 10.1 Å². The predicted molar refractivity (Wildman–Crippen MR) is 40.2 cm³/mol. The lowest BCUT2D eigenvalue weighted by Gasteiger charge is -2.50. The Kier molecular flexibility index (Phi) is 2.04. The molecule has 0 amide bonds. The molecule has 0 saturated carbocycles. The zero-order valence-corrected chi connectivity index (χ0v) is 6.85. The van der Waals surface area contributed by atoms with Gasteiger partial charge >= 0.3 is 0 Å². The minimum absolute atomic E-state index is 0.146. The van der Waals surface area contributed by atoms with Crippen LogP contribution in [0.25, 0.3) is 0 Å². The molecule has 2 nitrogen and oxygen atoms in total. The van der Waals surface area contributed by atoms with E-state index < -0.39 is 12.3 Å². The Bertz CT molecular complexity index is 170. The van der Waals surface area contributed by atoms with E-state index in [0.29, 0.717) is 6.61 Å². The number of rotatable bonds is 1. The second kappa shape index (κ2) is 2.92. The fraction of sp³-hybridized carbons (Fsp3) is 1.00. The number of halogens is 2. The first-order chi connectivity index (χ1) is 5.75. The molecule has 1 spiro atoms. The molecule has 0 bridgehead atoms. The summed E-state index contributed by atoms with van der Waals surface area (Å²) in [6, 6.07) is 0. The van der Waals surface area contributed by atoms with Crippen molar-refractivity contribution in [2.45, 2.75) is 12.8 Å². The first-order valence-corrected chi connectivity index (χ1v) is 4.31. The summed E-state index contributed by atoms with van der Waals surface area (Å²) in [4.78, 5) is 0. The first kappa shape index (κ1) is 8.38. The van der Waals surface area contributed by atoms with Gasteiger partial charge in [-0.05, 0) is 6.42 Å². The molecular weight excluding hydrogens is 164 g/mol. The molecule has 0 radical (unpaired) electrons. The van der Waals surface area contributed by atoms with Crippen LogP contribution in [0, 0.1) is 11.3 Å². The standard InChI is InChI=1S/C8H13F2NO/c9-7(10)6-3-12-2-1-8(6)4-11-5-8/h6-7,11H,1-5H2. The van der Waals surface area contributed by atoms with Gasteiger partial charge in [0.2, 0.25) is 6.43 Å². The van der Waals surface area contributed by atoms with Crippen molar-refractivity contribution in [3.8, 4) is 0 Å². The number of hydrogen-bond acceptors (Lipinski definition) is 2. The summed E-state index contributed by atoms with van der Waals surface area (Å²) in [6.45, 7) is 2.36. The molecule has 1 unspecified atom stereocenters. The Morgan fingerprint density at radius 3 is 2.58 bits per heavy atom. The first-order valence-electron chi connectivity index (χ1n) is 4.31. The maximum atomic E-state index is 12.5. The normalized spacial score (nSPS) is 33.8. The Balaban J connectivity index is 2.06. The summed E-state index contributed by atoms with van der Waals surface area (Å²) in [7, 11) is 0. The average Bonchev–Trinajstić information content (AvgIpc) is 2.01. The van der Waals surface area contributed by atoms with Crippen molar-refractivity contribution in [2.75, 3.05) is 26.3 Å². The predicted octanol–water partition coefficient (Wildman–Crippen LogP) is 0.878. The van der Waals surface area contributed by atoms with Gasteiger partial charge in [0, 0.05) is 25.1 Å². The molecular formula is C8H13F2NO. The SMILES string of the molecule is FC(F)C1COCCC12CNC2. The van der Waals surface area contributed by atoms with Crippen LogP contribution in [0.2, 0.25) is 0 Å². The highest BCUT2D eigenvalue weighted by atomic mass is 19.3. The van der Waals surface area contributed by atoms with E-state index in [9.17, 15) is 8.78 Å². The average molecular weight is 177 g/mol. The second-order valence-corrected chi connectivity index (χ2v) is 3.73. The van der Waals surface area contributed by atoms with E-state index in [-0.39, 0.29) is 12.0 Å². The van der Waals surface area contributed by atoms with Crippen LogP contribution in [0.4, 0.5) is 8.78 Å². The van der Waals surface area contributed by atoms with Gasteiger partial charge in [-0.15, -0.1) is 0 Å². The summed E-state index contributed by atoms with van der Waals surface area (Å²) in [5.41, 5.74) is -0.146. The Hall–Kier alpha value is -0.220. The van der Waals surface area contributed by atoms with E-state index in [1.807, 2.05) is 0 Å². The monoisotopic (exact) mass is 177 g/mol. The van der Waals surface area contributed by atoms with E-state index in [2.05, 4.69) is 5.32 Å². The van der Waals surface area contributed by atoms with E-state index in [4.69, 9.17) is 4.74 Å². The minimum atomic E-state index is -2.23. The number of hydrogen-bond donors (Lipinski definition) is 1. The van der Waals surface area contributed by atoms with E-state index in [0.717, 1.165) is 19.5 Å². The number of alkyl halides is 2. The van der Waals surface area contributed by atoms with Gasteiger partial charge in [0.1, 0.15) is 0 Å². The van der Waals surface area contributed by atoms with Crippen LogP contribution in [0.5, 0.6) is 0 Å². The van der Waals surface area contributed by atoms with Crippen LogP contribution in [-0.2, 0) is 4.74 Å². The smallest absolute Gasteiger partial charge is 0.244 e. The van der Waals surface area contributed by atoms with Crippen LogP contribution in [0.3, 0.4) is 0 Å². The molecule has 2 aliphatic heterocycles. The lowest BCUT2D eigenvalue weighted by atomic mass is 9.68. The summed E-state index contributed by atoms with van der Waals surface area (Å²) < 4.78 is 30.1. The molecule has 2 aliphatic rings. The summed E-state index contributed by atoms with van der Waals surface area (Å²) in [5.74, 6) is -0.549. The fourth-order valence-corrected chi connectivity index (χ4v) is 2.07. The zero-order chi connectivity index (χ0) is 8.60. The molecule has 0 aromatic rings. The summed E-state index contributed by atoms with van der Waals surface area (Å²) in [6.07, 6.45) is -1.44. The molecule has 2 fully saturated rings. The lowest BCUT2D eigenvalue weighted by Crippen LogP contribution is -2.62. The van der Waals surface area contributed by atoms with E-state index in [1.165, 1.54) is 0 Å². The number of ether oxygens (including phenoxy) is 1. The molecule has 2 rings (SSSR count). The maximum Gasteiger partial charge on any atom is 0.244 e. The van der Waals surface area contributed by atoms with Gasteiger partial charge in [-0.3, -0.25) is 0 Å². The Labute approximate surface area is 70.3 Å². The highest BCUT2D eigenvalue weighted by Crippen LogP contribution is 2.41. The molecule has 0 aliphatic carbocycles. The Morgan fingerprint density at radius 1 is 1.42 bits per heavy atom. The van der Waals surface area contributed by atoms with Crippen molar-refractivity contribution in [2.24, 2.45) is 11.3 Å². The fourth-order valence-electron chi connectivity index (χ4n) is 2.07. The van der Waals surface area contributed by atoms with Crippen LogP contribution in [0.15, 0.2) is 0 Å². The van der Waals surface area contributed by atoms with Crippen molar-refractivity contribution in [1.82, 2.24) is 5.32 Å². The molecule has 4 heteroatoms. The van der Waals surface area contributed by atoms with Crippen LogP contribution in [0.1, 0.15) is 6.42 Å². The van der Waals surface area contributed by atoms with Crippen molar-refractivity contribution < 1.29 is 13.5 Å². The van der Waals surface area contributed by atoms with Crippen LogP contribution < -0.4 is 5.32 Å². The zero-order valence-electron chi connectivity index (χ0n) is 6.85. The van der Waals surface area contributed by atoms with Crippen LogP contribution in [-0.4, -0.2) is 32.7 Å². The van der Waals surface area contributed by atoms with Gasteiger partial charge in [0.05, 0.1) is 12.5 Å². The van der Waals surface area contributed by atoms with Gasteiger partial charge in [-0.25, -0.2) is 8.78 Å². The summed E-state index contributed by atoms with van der Waals surface area (Å²) >= 11 is 0. The van der Waals surface area contributed by atoms with Crippen LogP contribution >= 0.6 is 0 Å². The minimum Gasteiger partial charge on any atom is -0.381 e. The number of nitrogens with one attached hydrogen (secondary N) is 1. The van der Waals surface area contributed by atoms with Crippen molar-refractivity contribution in [3.05, 3.63) is 0 Å². The van der Waals surface area contributed by atoms with Gasteiger partial charge in [-0.1, -0.05) is 0 Å².